The van der Waals surface area contributed by atoms with Crippen molar-refractivity contribution in [2.75, 3.05) is 5.32 Å². The number of hydrogen-bond acceptors (Lipinski definition) is 2. The van der Waals surface area contributed by atoms with Gasteiger partial charge in [-0.2, -0.15) is 0 Å². The molecule has 0 bridgehead atoms. The van der Waals surface area contributed by atoms with E-state index in [1.165, 1.54) is 0 Å². The van der Waals surface area contributed by atoms with Crippen molar-refractivity contribution in [2.45, 2.75) is 6.54 Å². The molecule has 3 rings (SSSR count). The van der Waals surface area contributed by atoms with Crippen molar-refractivity contribution in [1.29, 1.82) is 0 Å². The molecule has 4 nitrogen and oxygen atoms in total. The third kappa shape index (κ3) is 3.17. The third-order valence-electron chi connectivity index (χ3n) is 3.22. The van der Waals surface area contributed by atoms with Crippen LogP contribution in [0.4, 0.5) is 10.5 Å². The van der Waals surface area contributed by atoms with Gasteiger partial charge in [-0.3, -0.25) is 4.98 Å². The van der Waals surface area contributed by atoms with Crippen LogP contribution >= 0.6 is 0 Å². The molecule has 1 aromatic heterocycles. The lowest BCUT2D eigenvalue weighted by molar-refractivity contribution is 0.252. The molecule has 0 unspecified atom stereocenters. The van der Waals surface area contributed by atoms with Gasteiger partial charge in [0.15, 0.2) is 0 Å². The Bertz CT molecular complexity index is 751. The van der Waals surface area contributed by atoms with E-state index < -0.39 is 0 Å². The van der Waals surface area contributed by atoms with Crippen molar-refractivity contribution in [3.05, 3.63) is 72.6 Å². The van der Waals surface area contributed by atoms with Crippen LogP contribution in [0.2, 0.25) is 0 Å². The highest BCUT2D eigenvalue weighted by Gasteiger charge is 2.05. The largest absolute Gasteiger partial charge is 0.334 e. The summed E-state index contributed by atoms with van der Waals surface area (Å²) in [6.07, 6.45) is 3.50. The zero-order valence-corrected chi connectivity index (χ0v) is 11.4. The lowest BCUT2D eigenvalue weighted by Gasteiger charge is -2.10. The number of carbonyl (C=O) groups is 1. The number of anilines is 1. The Balaban J connectivity index is 1.69. The SMILES string of the molecule is O=C(NCc1ccccc1)Nc1cccc2cnccc12. The normalized spacial score (nSPS) is 10.3. The zero-order chi connectivity index (χ0) is 14.5. The first-order valence-electron chi connectivity index (χ1n) is 6.74. The second-order valence-corrected chi connectivity index (χ2v) is 4.70. The van der Waals surface area contributed by atoms with Gasteiger partial charge in [0, 0.05) is 29.7 Å². The Morgan fingerprint density at radius 1 is 1.00 bits per heavy atom. The van der Waals surface area contributed by atoms with E-state index in [-0.39, 0.29) is 6.03 Å². The monoisotopic (exact) mass is 277 g/mol. The third-order valence-corrected chi connectivity index (χ3v) is 3.22. The molecule has 0 aliphatic carbocycles. The van der Waals surface area contributed by atoms with Gasteiger partial charge in [0.25, 0.3) is 0 Å². The van der Waals surface area contributed by atoms with Crippen LogP contribution in [0.5, 0.6) is 0 Å². The fourth-order valence-electron chi connectivity index (χ4n) is 2.18. The van der Waals surface area contributed by atoms with E-state index in [9.17, 15) is 4.79 Å². The second-order valence-electron chi connectivity index (χ2n) is 4.70. The Morgan fingerprint density at radius 2 is 1.86 bits per heavy atom. The number of aromatic nitrogens is 1. The summed E-state index contributed by atoms with van der Waals surface area (Å²) in [5.41, 5.74) is 1.84. The summed E-state index contributed by atoms with van der Waals surface area (Å²) in [5.74, 6) is 0. The molecule has 3 aromatic rings. The predicted molar refractivity (Wildman–Crippen MR) is 84.0 cm³/mol. The molecule has 0 atom stereocenters. The van der Waals surface area contributed by atoms with Crippen LogP contribution in [0.25, 0.3) is 10.8 Å². The number of fused-ring (bicyclic) bond motifs is 1. The van der Waals surface area contributed by atoms with E-state index in [2.05, 4.69) is 15.6 Å². The van der Waals surface area contributed by atoms with Crippen molar-refractivity contribution in [1.82, 2.24) is 10.3 Å². The Labute approximate surface area is 122 Å². The first-order chi connectivity index (χ1) is 10.3. The van der Waals surface area contributed by atoms with Crippen LogP contribution in [0, 0.1) is 0 Å². The summed E-state index contributed by atoms with van der Waals surface area (Å²) in [6, 6.07) is 17.2. The van der Waals surface area contributed by atoms with Crippen molar-refractivity contribution in [3.8, 4) is 0 Å². The molecule has 4 heteroatoms. The molecule has 2 aromatic carbocycles. The van der Waals surface area contributed by atoms with E-state index in [0.717, 1.165) is 22.0 Å². The molecule has 0 aliphatic heterocycles. The first kappa shape index (κ1) is 13.1. The minimum absolute atomic E-state index is 0.219. The molecule has 1 heterocycles. The molecule has 0 saturated carbocycles. The summed E-state index contributed by atoms with van der Waals surface area (Å²) in [6.45, 7) is 0.499. The molecule has 2 amide bonds. The van der Waals surface area contributed by atoms with Gasteiger partial charge < -0.3 is 10.6 Å². The van der Waals surface area contributed by atoms with Gasteiger partial charge in [-0.15, -0.1) is 0 Å². The molecule has 0 aliphatic rings. The fourth-order valence-corrected chi connectivity index (χ4v) is 2.18. The maximum absolute atomic E-state index is 12.0. The van der Waals surface area contributed by atoms with Crippen molar-refractivity contribution in [3.63, 3.8) is 0 Å². The van der Waals surface area contributed by atoms with Gasteiger partial charge in [-0.1, -0.05) is 42.5 Å². The number of nitrogens with zero attached hydrogens (tertiary/aromatic N) is 1. The molecule has 2 N–H and O–H groups in total. The van der Waals surface area contributed by atoms with Crippen molar-refractivity contribution < 1.29 is 4.79 Å². The highest BCUT2D eigenvalue weighted by Crippen LogP contribution is 2.21. The molecule has 0 fully saturated rings. The van der Waals surface area contributed by atoms with Gasteiger partial charge in [-0.25, -0.2) is 4.79 Å². The number of nitrogens with one attached hydrogen (secondary N) is 2. The highest BCUT2D eigenvalue weighted by atomic mass is 16.2. The number of benzene rings is 2. The minimum Gasteiger partial charge on any atom is -0.334 e. The van der Waals surface area contributed by atoms with Crippen LogP contribution in [0.15, 0.2) is 67.0 Å². The number of urea groups is 1. The van der Waals surface area contributed by atoms with Gasteiger partial charge in [0.2, 0.25) is 0 Å². The quantitative estimate of drug-likeness (QED) is 0.769. The lowest BCUT2D eigenvalue weighted by atomic mass is 10.1. The smallest absolute Gasteiger partial charge is 0.319 e. The first-order valence-corrected chi connectivity index (χ1v) is 6.74. The minimum atomic E-state index is -0.219. The van der Waals surface area contributed by atoms with Crippen LogP contribution in [0.1, 0.15) is 5.56 Å². The van der Waals surface area contributed by atoms with Crippen LogP contribution in [-0.4, -0.2) is 11.0 Å². The predicted octanol–water partition coefficient (Wildman–Crippen LogP) is 3.56. The van der Waals surface area contributed by atoms with Crippen LogP contribution in [-0.2, 0) is 6.54 Å². The van der Waals surface area contributed by atoms with Crippen LogP contribution in [0.3, 0.4) is 0 Å². The number of rotatable bonds is 3. The van der Waals surface area contributed by atoms with Crippen molar-refractivity contribution in [2.24, 2.45) is 0 Å². The molecular formula is C17H15N3O. The molecule has 0 spiro atoms. The van der Waals surface area contributed by atoms with E-state index in [1.54, 1.807) is 12.4 Å². The molecule has 0 saturated heterocycles. The molecule has 0 radical (unpaired) electrons. The number of amides is 2. The van der Waals surface area contributed by atoms with E-state index in [0.29, 0.717) is 6.54 Å². The Kier molecular flexibility index (Phi) is 3.78. The summed E-state index contributed by atoms with van der Waals surface area (Å²) in [7, 11) is 0. The lowest BCUT2D eigenvalue weighted by Crippen LogP contribution is -2.28. The Hall–Kier alpha value is -2.88. The van der Waals surface area contributed by atoms with Crippen molar-refractivity contribution >= 4 is 22.5 Å². The topological polar surface area (TPSA) is 54.0 Å². The zero-order valence-electron chi connectivity index (χ0n) is 11.4. The fraction of sp³-hybridized carbons (Fsp3) is 0.0588. The number of hydrogen-bond donors (Lipinski definition) is 2. The summed E-state index contributed by atoms with van der Waals surface area (Å²) >= 11 is 0. The number of carbonyl (C=O) groups excluding carboxylic acids is 1. The average molecular weight is 277 g/mol. The summed E-state index contributed by atoms with van der Waals surface area (Å²) in [5, 5.41) is 7.70. The van der Waals surface area contributed by atoms with Gasteiger partial charge in [-0.05, 0) is 17.7 Å². The maximum atomic E-state index is 12.0. The van der Waals surface area contributed by atoms with Gasteiger partial charge in [0.1, 0.15) is 0 Å². The summed E-state index contributed by atoms with van der Waals surface area (Å²) < 4.78 is 0. The standard InChI is InChI=1S/C17H15N3O/c21-17(19-11-13-5-2-1-3-6-13)20-16-8-4-7-14-12-18-10-9-15(14)16/h1-10,12H,11H2,(H2,19,20,21). The maximum Gasteiger partial charge on any atom is 0.319 e. The summed E-state index contributed by atoms with van der Waals surface area (Å²) in [4.78, 5) is 16.1. The van der Waals surface area contributed by atoms with E-state index in [4.69, 9.17) is 0 Å². The van der Waals surface area contributed by atoms with E-state index >= 15 is 0 Å². The van der Waals surface area contributed by atoms with Gasteiger partial charge in [0.05, 0.1) is 5.69 Å². The molecule has 21 heavy (non-hydrogen) atoms. The molecule has 104 valence electrons. The Morgan fingerprint density at radius 3 is 2.71 bits per heavy atom. The van der Waals surface area contributed by atoms with Gasteiger partial charge >= 0.3 is 6.03 Å². The number of pyridine rings is 1. The molecular weight excluding hydrogens is 262 g/mol. The van der Waals surface area contributed by atoms with Crippen LogP contribution < -0.4 is 10.6 Å². The highest BCUT2D eigenvalue weighted by molar-refractivity contribution is 6.01. The average Bonchev–Trinajstić information content (AvgIpc) is 2.54. The second kappa shape index (κ2) is 6.05. The van der Waals surface area contributed by atoms with E-state index in [1.807, 2.05) is 54.6 Å².